The van der Waals surface area contributed by atoms with E-state index in [4.69, 9.17) is 5.73 Å². The molecular formula is C15H11BrF2N2O. The van der Waals surface area contributed by atoms with E-state index in [2.05, 4.69) is 15.9 Å². The summed E-state index contributed by atoms with van der Waals surface area (Å²) in [5, 5.41) is 0. The molecule has 1 amide bonds. The summed E-state index contributed by atoms with van der Waals surface area (Å²) < 4.78 is 27.4. The number of fused-ring (bicyclic) bond motifs is 1. The average molecular weight is 353 g/mol. The van der Waals surface area contributed by atoms with Gasteiger partial charge in [0.1, 0.15) is 11.6 Å². The lowest BCUT2D eigenvalue weighted by Gasteiger charge is -2.16. The maximum Gasteiger partial charge on any atom is 0.256 e. The minimum atomic E-state index is -0.659. The molecule has 0 aliphatic carbocycles. The standard InChI is InChI=1S/C15H11BrF2N2O/c16-10-3-9-7-20(15(21)14(9)13(19)4-10)6-8-1-2-11(17)5-12(8)18/h1-5H,6-7,19H2. The van der Waals surface area contributed by atoms with Gasteiger partial charge in [0.05, 0.1) is 5.56 Å². The number of hydrogen-bond donors (Lipinski definition) is 1. The highest BCUT2D eigenvalue weighted by molar-refractivity contribution is 9.10. The smallest absolute Gasteiger partial charge is 0.256 e. The van der Waals surface area contributed by atoms with Crippen LogP contribution in [0.4, 0.5) is 14.5 Å². The Kier molecular flexibility index (Phi) is 3.41. The fraction of sp³-hybridized carbons (Fsp3) is 0.133. The Balaban J connectivity index is 1.90. The molecule has 0 fully saturated rings. The van der Waals surface area contributed by atoms with Crippen LogP contribution in [0, 0.1) is 11.6 Å². The molecule has 0 saturated heterocycles. The van der Waals surface area contributed by atoms with Gasteiger partial charge in [0.25, 0.3) is 5.91 Å². The minimum absolute atomic E-state index is 0.0800. The summed E-state index contributed by atoms with van der Waals surface area (Å²) in [6, 6.07) is 6.83. The molecule has 3 nitrogen and oxygen atoms in total. The molecular weight excluding hydrogens is 342 g/mol. The van der Waals surface area contributed by atoms with Crippen LogP contribution >= 0.6 is 15.9 Å². The molecule has 0 spiro atoms. The van der Waals surface area contributed by atoms with E-state index in [9.17, 15) is 13.6 Å². The molecule has 2 aromatic carbocycles. The summed E-state index contributed by atoms with van der Waals surface area (Å²) in [6.45, 7) is 0.436. The van der Waals surface area contributed by atoms with Crippen molar-refractivity contribution >= 4 is 27.5 Å². The summed E-state index contributed by atoms with van der Waals surface area (Å²) >= 11 is 3.33. The fourth-order valence-corrected chi connectivity index (χ4v) is 3.01. The third-order valence-corrected chi connectivity index (χ3v) is 3.91. The quantitative estimate of drug-likeness (QED) is 0.841. The zero-order valence-corrected chi connectivity index (χ0v) is 12.5. The molecule has 0 radical (unpaired) electrons. The highest BCUT2D eigenvalue weighted by atomic mass is 79.9. The Morgan fingerprint density at radius 2 is 2.00 bits per heavy atom. The van der Waals surface area contributed by atoms with E-state index in [1.165, 1.54) is 17.0 Å². The van der Waals surface area contributed by atoms with E-state index in [0.717, 1.165) is 16.1 Å². The van der Waals surface area contributed by atoms with E-state index in [0.29, 0.717) is 17.8 Å². The highest BCUT2D eigenvalue weighted by Gasteiger charge is 2.30. The number of carbonyl (C=O) groups is 1. The number of amides is 1. The fourth-order valence-electron chi connectivity index (χ4n) is 2.49. The SMILES string of the molecule is Nc1cc(Br)cc2c1C(=O)N(Cc1ccc(F)cc1F)C2. The summed E-state index contributed by atoms with van der Waals surface area (Å²) in [7, 11) is 0. The lowest BCUT2D eigenvalue weighted by molar-refractivity contribution is 0.0766. The first-order chi connectivity index (χ1) is 9.95. The number of nitrogen functional groups attached to an aromatic ring is 1. The Morgan fingerprint density at radius 1 is 1.24 bits per heavy atom. The zero-order chi connectivity index (χ0) is 15.1. The number of carbonyl (C=O) groups excluding carboxylic acids is 1. The van der Waals surface area contributed by atoms with E-state index >= 15 is 0 Å². The summed E-state index contributed by atoms with van der Waals surface area (Å²) in [5.41, 5.74) is 7.79. The van der Waals surface area contributed by atoms with Crippen LogP contribution < -0.4 is 5.73 Å². The van der Waals surface area contributed by atoms with Crippen molar-refractivity contribution in [1.29, 1.82) is 0 Å². The summed E-state index contributed by atoms with van der Waals surface area (Å²) in [5.74, 6) is -1.54. The monoisotopic (exact) mass is 352 g/mol. The van der Waals surface area contributed by atoms with Crippen molar-refractivity contribution in [3.63, 3.8) is 0 Å². The number of anilines is 1. The Bertz CT molecular complexity index is 749. The van der Waals surface area contributed by atoms with E-state index in [1.807, 2.05) is 6.07 Å². The molecule has 0 bridgehead atoms. The van der Waals surface area contributed by atoms with Gasteiger partial charge in [-0.1, -0.05) is 22.0 Å². The molecule has 0 atom stereocenters. The minimum Gasteiger partial charge on any atom is -0.398 e. The largest absolute Gasteiger partial charge is 0.398 e. The van der Waals surface area contributed by atoms with E-state index < -0.39 is 11.6 Å². The second-order valence-corrected chi connectivity index (χ2v) is 5.84. The van der Waals surface area contributed by atoms with Gasteiger partial charge < -0.3 is 10.6 Å². The van der Waals surface area contributed by atoms with Crippen LogP contribution in [-0.4, -0.2) is 10.8 Å². The molecule has 0 unspecified atom stereocenters. The first-order valence-corrected chi connectivity index (χ1v) is 7.06. The van der Waals surface area contributed by atoms with E-state index in [-0.39, 0.29) is 18.0 Å². The van der Waals surface area contributed by atoms with Crippen LogP contribution in [0.5, 0.6) is 0 Å². The van der Waals surface area contributed by atoms with Crippen molar-refractivity contribution in [2.45, 2.75) is 13.1 Å². The Labute approximate surface area is 128 Å². The zero-order valence-electron chi connectivity index (χ0n) is 10.9. The van der Waals surface area contributed by atoms with Gasteiger partial charge in [-0.05, 0) is 23.8 Å². The third-order valence-electron chi connectivity index (χ3n) is 3.45. The molecule has 1 heterocycles. The number of halogens is 3. The van der Waals surface area contributed by atoms with Crippen molar-refractivity contribution in [3.8, 4) is 0 Å². The second kappa shape index (κ2) is 5.11. The first-order valence-electron chi connectivity index (χ1n) is 6.27. The molecule has 2 aromatic rings. The molecule has 108 valence electrons. The molecule has 2 N–H and O–H groups in total. The van der Waals surface area contributed by atoms with Gasteiger partial charge in [0, 0.05) is 34.9 Å². The molecule has 3 rings (SSSR count). The van der Waals surface area contributed by atoms with Crippen molar-refractivity contribution in [2.75, 3.05) is 5.73 Å². The normalized spacial score (nSPS) is 13.7. The van der Waals surface area contributed by atoms with E-state index in [1.54, 1.807) is 6.07 Å². The van der Waals surface area contributed by atoms with Crippen molar-refractivity contribution in [3.05, 3.63) is 63.1 Å². The van der Waals surface area contributed by atoms with Gasteiger partial charge in [-0.25, -0.2) is 8.78 Å². The lowest BCUT2D eigenvalue weighted by Crippen LogP contribution is -2.24. The summed E-state index contributed by atoms with van der Waals surface area (Å²) in [4.78, 5) is 13.8. The van der Waals surface area contributed by atoms with Gasteiger partial charge in [-0.2, -0.15) is 0 Å². The number of rotatable bonds is 2. The molecule has 1 aliphatic rings. The first kappa shape index (κ1) is 14.0. The van der Waals surface area contributed by atoms with Crippen molar-refractivity contribution in [2.24, 2.45) is 0 Å². The predicted molar refractivity (Wildman–Crippen MR) is 78.5 cm³/mol. The highest BCUT2D eigenvalue weighted by Crippen LogP contribution is 2.32. The summed E-state index contributed by atoms with van der Waals surface area (Å²) in [6.07, 6.45) is 0. The Morgan fingerprint density at radius 3 is 2.71 bits per heavy atom. The van der Waals surface area contributed by atoms with Gasteiger partial charge in [-0.15, -0.1) is 0 Å². The van der Waals surface area contributed by atoms with Crippen molar-refractivity contribution in [1.82, 2.24) is 4.90 Å². The number of nitrogens with two attached hydrogens (primary N) is 1. The number of hydrogen-bond acceptors (Lipinski definition) is 2. The third kappa shape index (κ3) is 2.51. The maximum absolute atomic E-state index is 13.7. The van der Waals surface area contributed by atoms with Crippen molar-refractivity contribution < 1.29 is 13.6 Å². The van der Waals surface area contributed by atoms with Gasteiger partial charge in [0.15, 0.2) is 0 Å². The van der Waals surface area contributed by atoms with Crippen LogP contribution in [0.25, 0.3) is 0 Å². The van der Waals surface area contributed by atoms with Gasteiger partial charge in [-0.3, -0.25) is 4.79 Å². The van der Waals surface area contributed by atoms with Crippen LogP contribution in [-0.2, 0) is 13.1 Å². The van der Waals surface area contributed by atoms with Crippen LogP contribution in [0.1, 0.15) is 21.5 Å². The van der Waals surface area contributed by atoms with Crippen LogP contribution in [0.15, 0.2) is 34.8 Å². The predicted octanol–water partition coefficient (Wildman–Crippen LogP) is 3.47. The van der Waals surface area contributed by atoms with Crippen LogP contribution in [0.2, 0.25) is 0 Å². The molecule has 0 saturated carbocycles. The Hall–Kier alpha value is -1.95. The number of benzene rings is 2. The van der Waals surface area contributed by atoms with Gasteiger partial charge in [0.2, 0.25) is 0 Å². The average Bonchev–Trinajstić information content (AvgIpc) is 2.69. The maximum atomic E-state index is 13.7. The molecule has 21 heavy (non-hydrogen) atoms. The second-order valence-electron chi connectivity index (χ2n) is 4.93. The van der Waals surface area contributed by atoms with Gasteiger partial charge >= 0.3 is 0 Å². The molecule has 1 aliphatic heterocycles. The number of nitrogens with zero attached hydrogens (tertiary/aromatic N) is 1. The molecule has 0 aromatic heterocycles. The van der Waals surface area contributed by atoms with Crippen LogP contribution in [0.3, 0.4) is 0 Å². The lowest BCUT2D eigenvalue weighted by atomic mass is 10.1. The topological polar surface area (TPSA) is 46.3 Å². The molecule has 6 heteroatoms.